The third-order valence-electron chi connectivity index (χ3n) is 2.69. The molecule has 2 aromatic carbocycles. The van der Waals surface area contributed by atoms with Gasteiger partial charge >= 0.3 is 11.5 Å². The van der Waals surface area contributed by atoms with Crippen molar-refractivity contribution in [3.63, 3.8) is 0 Å². The van der Waals surface area contributed by atoms with Gasteiger partial charge in [-0.2, -0.15) is 13.2 Å². The number of methoxy groups -OCH3 is 1. The Labute approximate surface area is 135 Å². The standard InChI is InChI=1S/C15H13F3N2O2S/c1-22-12-6-2-10(3-7-12)19-14(21)20-11-4-8-13(9-5-11)23-15(16,17)18/h2-9H,1H3,(H2,19,20,21). The molecular weight excluding hydrogens is 329 g/mol. The summed E-state index contributed by atoms with van der Waals surface area (Å²) in [7, 11) is 1.54. The Morgan fingerprint density at radius 2 is 1.43 bits per heavy atom. The van der Waals surface area contributed by atoms with Gasteiger partial charge in [0.05, 0.1) is 7.11 Å². The molecule has 0 saturated heterocycles. The van der Waals surface area contributed by atoms with Crippen LogP contribution >= 0.6 is 11.8 Å². The Hall–Kier alpha value is -2.35. The lowest BCUT2D eigenvalue weighted by Crippen LogP contribution is -2.19. The quantitative estimate of drug-likeness (QED) is 0.773. The van der Waals surface area contributed by atoms with Crippen molar-refractivity contribution in [2.24, 2.45) is 0 Å². The molecule has 0 atom stereocenters. The van der Waals surface area contributed by atoms with Gasteiger partial charge < -0.3 is 15.4 Å². The molecule has 0 unspecified atom stereocenters. The highest BCUT2D eigenvalue weighted by molar-refractivity contribution is 8.00. The number of thioether (sulfide) groups is 1. The average molecular weight is 342 g/mol. The fourth-order valence-corrected chi connectivity index (χ4v) is 2.25. The predicted molar refractivity (Wildman–Crippen MR) is 84.0 cm³/mol. The number of carbonyl (C=O) groups is 1. The van der Waals surface area contributed by atoms with Crippen LogP contribution in [0.5, 0.6) is 5.75 Å². The van der Waals surface area contributed by atoms with Crippen molar-refractivity contribution >= 4 is 29.2 Å². The molecule has 0 heterocycles. The molecule has 0 aromatic heterocycles. The molecule has 0 radical (unpaired) electrons. The minimum atomic E-state index is -4.33. The van der Waals surface area contributed by atoms with Crippen molar-refractivity contribution in [1.29, 1.82) is 0 Å². The molecule has 2 N–H and O–H groups in total. The average Bonchev–Trinajstić information content (AvgIpc) is 2.48. The normalized spacial score (nSPS) is 11.0. The molecule has 0 aliphatic rings. The molecule has 0 saturated carbocycles. The van der Waals surface area contributed by atoms with Crippen molar-refractivity contribution < 1.29 is 22.7 Å². The number of amides is 2. The van der Waals surface area contributed by atoms with Crippen LogP contribution in [0.2, 0.25) is 0 Å². The van der Waals surface area contributed by atoms with Gasteiger partial charge in [-0.15, -0.1) is 0 Å². The summed E-state index contributed by atoms with van der Waals surface area (Å²) < 4.78 is 41.7. The Kier molecular flexibility index (Phi) is 5.38. The summed E-state index contributed by atoms with van der Waals surface area (Å²) in [5.41, 5.74) is -3.38. The van der Waals surface area contributed by atoms with Gasteiger partial charge in [0.2, 0.25) is 0 Å². The van der Waals surface area contributed by atoms with Crippen LogP contribution in [0.1, 0.15) is 0 Å². The molecule has 2 rings (SSSR count). The minimum absolute atomic E-state index is 0.0543. The van der Waals surface area contributed by atoms with Gasteiger partial charge in [0, 0.05) is 16.3 Å². The zero-order valence-corrected chi connectivity index (χ0v) is 12.8. The summed E-state index contributed by atoms with van der Waals surface area (Å²) in [5.74, 6) is 0.661. The van der Waals surface area contributed by atoms with Crippen LogP contribution < -0.4 is 15.4 Å². The van der Waals surface area contributed by atoms with E-state index in [0.717, 1.165) is 0 Å². The second-order valence-corrected chi connectivity index (χ2v) is 5.52. The van der Waals surface area contributed by atoms with E-state index < -0.39 is 11.5 Å². The molecule has 0 fully saturated rings. The number of benzene rings is 2. The van der Waals surface area contributed by atoms with Crippen molar-refractivity contribution in [1.82, 2.24) is 0 Å². The van der Waals surface area contributed by atoms with E-state index in [2.05, 4.69) is 10.6 Å². The summed E-state index contributed by atoms with van der Waals surface area (Å²) in [4.78, 5) is 11.9. The van der Waals surface area contributed by atoms with Crippen molar-refractivity contribution in [2.75, 3.05) is 17.7 Å². The summed E-state index contributed by atoms with van der Waals surface area (Å²) in [6.45, 7) is 0. The first-order valence-electron chi connectivity index (χ1n) is 6.43. The van der Waals surface area contributed by atoms with Crippen molar-refractivity contribution in [3.8, 4) is 5.75 Å². The zero-order valence-electron chi connectivity index (χ0n) is 12.0. The SMILES string of the molecule is COc1ccc(NC(=O)Nc2ccc(SC(F)(F)F)cc2)cc1. The molecule has 0 aliphatic carbocycles. The maximum atomic E-state index is 12.2. The first-order valence-corrected chi connectivity index (χ1v) is 7.25. The highest BCUT2D eigenvalue weighted by atomic mass is 32.2. The number of nitrogens with one attached hydrogen (secondary N) is 2. The lowest BCUT2D eigenvalue weighted by Gasteiger charge is -2.09. The molecular formula is C15H13F3N2O2S. The van der Waals surface area contributed by atoms with Crippen molar-refractivity contribution in [3.05, 3.63) is 48.5 Å². The van der Waals surface area contributed by atoms with Gasteiger partial charge in [-0.3, -0.25) is 0 Å². The number of ether oxygens (including phenoxy) is 1. The van der Waals surface area contributed by atoms with E-state index in [4.69, 9.17) is 4.74 Å². The number of urea groups is 1. The minimum Gasteiger partial charge on any atom is -0.497 e. The van der Waals surface area contributed by atoms with Gasteiger partial charge in [0.1, 0.15) is 5.75 Å². The number of alkyl halides is 3. The number of halogens is 3. The highest BCUT2D eigenvalue weighted by Gasteiger charge is 2.28. The summed E-state index contributed by atoms with van der Waals surface area (Å²) in [6, 6.07) is 11.6. The first kappa shape index (κ1) is 17.0. The van der Waals surface area contributed by atoms with Crippen LogP contribution in [0, 0.1) is 0 Å². The molecule has 8 heteroatoms. The zero-order chi connectivity index (χ0) is 16.9. The monoisotopic (exact) mass is 342 g/mol. The molecule has 2 aromatic rings. The van der Waals surface area contributed by atoms with Crippen LogP contribution in [0.4, 0.5) is 29.3 Å². The molecule has 0 spiro atoms. The lowest BCUT2D eigenvalue weighted by molar-refractivity contribution is -0.0328. The van der Waals surface area contributed by atoms with Gasteiger partial charge in [0.25, 0.3) is 0 Å². The van der Waals surface area contributed by atoms with Crippen molar-refractivity contribution in [2.45, 2.75) is 10.4 Å². The summed E-state index contributed by atoms with van der Waals surface area (Å²) in [6.07, 6.45) is 0. The van der Waals surface area contributed by atoms with E-state index in [1.165, 1.54) is 31.4 Å². The third-order valence-corrected chi connectivity index (χ3v) is 3.43. The third kappa shape index (κ3) is 5.74. The van der Waals surface area contributed by atoms with Crippen LogP contribution in [-0.2, 0) is 0 Å². The smallest absolute Gasteiger partial charge is 0.446 e. The van der Waals surface area contributed by atoms with Gasteiger partial charge in [0.15, 0.2) is 0 Å². The van der Waals surface area contributed by atoms with E-state index in [0.29, 0.717) is 17.1 Å². The lowest BCUT2D eigenvalue weighted by atomic mass is 10.3. The second kappa shape index (κ2) is 7.28. The van der Waals surface area contributed by atoms with E-state index in [9.17, 15) is 18.0 Å². The maximum Gasteiger partial charge on any atom is 0.446 e. The van der Waals surface area contributed by atoms with E-state index >= 15 is 0 Å². The van der Waals surface area contributed by atoms with Crippen LogP contribution in [0.15, 0.2) is 53.4 Å². The van der Waals surface area contributed by atoms with E-state index in [-0.39, 0.29) is 16.7 Å². The topological polar surface area (TPSA) is 50.4 Å². The molecule has 122 valence electrons. The molecule has 0 bridgehead atoms. The summed E-state index contributed by atoms with van der Waals surface area (Å²) >= 11 is -0.206. The van der Waals surface area contributed by atoms with Crippen LogP contribution in [0.3, 0.4) is 0 Å². The Bertz CT molecular complexity index is 658. The molecule has 0 aliphatic heterocycles. The Morgan fingerprint density at radius 3 is 1.87 bits per heavy atom. The summed E-state index contributed by atoms with van der Waals surface area (Å²) in [5, 5.41) is 5.14. The Balaban J connectivity index is 1.91. The van der Waals surface area contributed by atoms with Gasteiger partial charge in [-0.25, -0.2) is 4.79 Å². The maximum absolute atomic E-state index is 12.2. The fraction of sp³-hybridized carbons (Fsp3) is 0.133. The van der Waals surface area contributed by atoms with Crippen LogP contribution in [-0.4, -0.2) is 18.6 Å². The van der Waals surface area contributed by atoms with E-state index in [1.807, 2.05) is 0 Å². The largest absolute Gasteiger partial charge is 0.497 e. The predicted octanol–water partition coefficient (Wildman–Crippen LogP) is 4.95. The number of carbonyl (C=O) groups excluding carboxylic acids is 1. The van der Waals surface area contributed by atoms with Gasteiger partial charge in [-0.05, 0) is 60.3 Å². The highest BCUT2D eigenvalue weighted by Crippen LogP contribution is 2.37. The molecule has 2 amide bonds. The number of anilines is 2. The van der Waals surface area contributed by atoms with Gasteiger partial charge in [-0.1, -0.05) is 0 Å². The number of hydrogen-bond donors (Lipinski definition) is 2. The van der Waals surface area contributed by atoms with E-state index in [1.54, 1.807) is 24.3 Å². The number of hydrogen-bond acceptors (Lipinski definition) is 3. The fourth-order valence-electron chi connectivity index (χ4n) is 1.71. The first-order chi connectivity index (χ1) is 10.9. The number of rotatable bonds is 4. The molecule has 23 heavy (non-hydrogen) atoms. The van der Waals surface area contributed by atoms with Crippen LogP contribution in [0.25, 0.3) is 0 Å². The Morgan fingerprint density at radius 1 is 0.957 bits per heavy atom. The second-order valence-electron chi connectivity index (χ2n) is 4.38. The molecule has 4 nitrogen and oxygen atoms in total.